The second-order valence-corrected chi connectivity index (χ2v) is 10.7. The van der Waals surface area contributed by atoms with E-state index < -0.39 is 10.0 Å². The molecule has 1 N–H and O–H groups in total. The highest BCUT2D eigenvalue weighted by molar-refractivity contribution is 7.89. The predicted octanol–water partition coefficient (Wildman–Crippen LogP) is 1.28. The van der Waals surface area contributed by atoms with E-state index in [0.717, 1.165) is 12.8 Å². The Morgan fingerprint density at radius 2 is 2.00 bits per heavy atom. The minimum atomic E-state index is -3.71. The lowest BCUT2D eigenvalue weighted by atomic mass is 10.3. The average Bonchev–Trinajstić information content (AvgIpc) is 3.10. The molecule has 0 bridgehead atoms. The van der Waals surface area contributed by atoms with E-state index in [9.17, 15) is 13.2 Å². The van der Waals surface area contributed by atoms with Crippen LogP contribution < -0.4 is 10.4 Å². The molecule has 0 aliphatic heterocycles. The SMILES string of the molecule is Cc1nnc(-n2c(=O)n(CCON(C)C)c3ccc(S(=O)(=O)NC4(C)CC4)cc32)s1. The van der Waals surface area contributed by atoms with Crippen molar-refractivity contribution in [1.82, 2.24) is 29.1 Å². The van der Waals surface area contributed by atoms with Gasteiger partial charge in [0.1, 0.15) is 5.01 Å². The number of aryl methyl sites for hydroxylation is 1. The van der Waals surface area contributed by atoms with E-state index in [2.05, 4.69) is 14.9 Å². The molecular weight excluding hydrogens is 428 g/mol. The molecule has 4 rings (SSSR count). The minimum Gasteiger partial charge on any atom is -0.298 e. The fourth-order valence-corrected chi connectivity index (χ4v) is 5.35. The quantitative estimate of drug-likeness (QED) is 0.513. The van der Waals surface area contributed by atoms with E-state index in [0.29, 0.717) is 34.3 Å². The molecule has 0 atom stereocenters. The molecular formula is C18H24N6O4S2. The first-order valence-electron chi connectivity index (χ1n) is 9.50. The van der Waals surface area contributed by atoms with Crippen LogP contribution in [0, 0.1) is 6.92 Å². The lowest BCUT2D eigenvalue weighted by molar-refractivity contribution is -0.121. The third kappa shape index (κ3) is 4.05. The van der Waals surface area contributed by atoms with Gasteiger partial charge in [0.05, 0.1) is 29.1 Å². The number of hydrogen-bond acceptors (Lipinski definition) is 8. The monoisotopic (exact) mass is 452 g/mol. The van der Waals surface area contributed by atoms with Crippen LogP contribution in [-0.4, -0.2) is 59.1 Å². The van der Waals surface area contributed by atoms with Crippen LogP contribution in [0.2, 0.25) is 0 Å². The van der Waals surface area contributed by atoms with Crippen LogP contribution in [-0.2, 0) is 21.4 Å². The maximum Gasteiger partial charge on any atom is 0.335 e. The number of rotatable bonds is 8. The number of hydrogen-bond donors (Lipinski definition) is 1. The van der Waals surface area contributed by atoms with Gasteiger partial charge in [-0.15, -0.1) is 10.2 Å². The van der Waals surface area contributed by atoms with E-state index in [1.807, 2.05) is 6.92 Å². The standard InChI is InChI=1S/C18H24N6O4S2/c1-12-19-20-16(29-12)24-15-11-13(30(26,27)21-18(2)7-8-18)5-6-14(15)23(17(24)25)9-10-28-22(3)4/h5-6,11,21H,7-10H2,1-4H3. The number of hydroxylamine groups is 2. The summed E-state index contributed by atoms with van der Waals surface area (Å²) in [5, 5.41) is 10.8. The Hall–Kier alpha value is -2.12. The zero-order valence-electron chi connectivity index (χ0n) is 17.2. The third-order valence-electron chi connectivity index (χ3n) is 4.96. The van der Waals surface area contributed by atoms with Crippen molar-refractivity contribution in [3.8, 4) is 5.13 Å². The van der Waals surface area contributed by atoms with E-state index in [1.54, 1.807) is 36.7 Å². The van der Waals surface area contributed by atoms with Gasteiger partial charge in [-0.1, -0.05) is 11.3 Å². The van der Waals surface area contributed by atoms with Gasteiger partial charge in [0.25, 0.3) is 0 Å². The Morgan fingerprint density at radius 1 is 1.27 bits per heavy atom. The molecule has 1 aliphatic carbocycles. The summed E-state index contributed by atoms with van der Waals surface area (Å²) in [6.07, 6.45) is 1.62. The lowest BCUT2D eigenvalue weighted by Gasteiger charge is -2.12. The van der Waals surface area contributed by atoms with Crippen LogP contribution >= 0.6 is 11.3 Å². The second-order valence-electron chi connectivity index (χ2n) is 7.84. The van der Waals surface area contributed by atoms with Crippen LogP contribution in [0.1, 0.15) is 24.8 Å². The average molecular weight is 453 g/mol. The first-order valence-corrected chi connectivity index (χ1v) is 11.8. The molecule has 12 heteroatoms. The van der Waals surface area contributed by atoms with Crippen molar-refractivity contribution >= 4 is 32.4 Å². The Bertz CT molecular complexity index is 1250. The maximum atomic E-state index is 13.2. The van der Waals surface area contributed by atoms with Crippen molar-refractivity contribution in [2.45, 2.75) is 43.7 Å². The summed E-state index contributed by atoms with van der Waals surface area (Å²) in [4.78, 5) is 18.8. The number of nitrogens with zero attached hydrogens (tertiary/aromatic N) is 5. The molecule has 1 fully saturated rings. The van der Waals surface area contributed by atoms with Crippen LogP contribution in [0.3, 0.4) is 0 Å². The smallest absolute Gasteiger partial charge is 0.298 e. The molecule has 3 aromatic rings. The van der Waals surface area contributed by atoms with Gasteiger partial charge < -0.3 is 0 Å². The highest BCUT2D eigenvalue weighted by atomic mass is 32.2. The molecule has 30 heavy (non-hydrogen) atoms. The molecule has 0 amide bonds. The fourth-order valence-electron chi connectivity index (χ4n) is 3.17. The molecule has 1 saturated carbocycles. The predicted molar refractivity (Wildman–Crippen MR) is 113 cm³/mol. The number of benzene rings is 1. The van der Waals surface area contributed by atoms with E-state index in [-0.39, 0.29) is 16.1 Å². The summed E-state index contributed by atoms with van der Waals surface area (Å²) >= 11 is 1.27. The van der Waals surface area contributed by atoms with E-state index in [4.69, 9.17) is 4.84 Å². The first kappa shape index (κ1) is 21.1. The normalized spacial score (nSPS) is 15.9. The molecule has 1 aromatic carbocycles. The summed E-state index contributed by atoms with van der Waals surface area (Å²) in [7, 11) is -0.182. The van der Waals surface area contributed by atoms with Crippen LogP contribution in [0.4, 0.5) is 0 Å². The van der Waals surface area contributed by atoms with Crippen molar-refractivity contribution in [2.75, 3.05) is 20.7 Å². The van der Waals surface area contributed by atoms with Gasteiger partial charge in [0, 0.05) is 19.6 Å². The fraction of sp³-hybridized carbons (Fsp3) is 0.500. The van der Waals surface area contributed by atoms with Gasteiger partial charge in [-0.2, -0.15) is 5.06 Å². The Labute approximate surface area is 178 Å². The number of imidazole rings is 1. The topological polar surface area (TPSA) is 111 Å². The number of sulfonamides is 1. The van der Waals surface area contributed by atoms with Crippen molar-refractivity contribution < 1.29 is 13.3 Å². The van der Waals surface area contributed by atoms with Crippen LogP contribution in [0.5, 0.6) is 0 Å². The van der Waals surface area contributed by atoms with Gasteiger partial charge in [-0.25, -0.2) is 22.5 Å². The van der Waals surface area contributed by atoms with Crippen molar-refractivity contribution in [3.63, 3.8) is 0 Å². The van der Waals surface area contributed by atoms with E-state index in [1.165, 1.54) is 28.0 Å². The Kier molecular flexibility index (Phi) is 5.31. The number of aromatic nitrogens is 4. The second kappa shape index (κ2) is 7.54. The summed E-state index contributed by atoms with van der Waals surface area (Å²) in [5.41, 5.74) is 0.357. The van der Waals surface area contributed by atoms with Crippen LogP contribution in [0.15, 0.2) is 27.9 Å². The van der Waals surface area contributed by atoms with Gasteiger partial charge >= 0.3 is 5.69 Å². The molecule has 10 nitrogen and oxygen atoms in total. The minimum absolute atomic E-state index is 0.111. The number of fused-ring (bicyclic) bond motifs is 1. The molecule has 0 spiro atoms. The molecule has 0 radical (unpaired) electrons. The highest BCUT2D eigenvalue weighted by Gasteiger charge is 2.41. The Balaban J connectivity index is 1.84. The van der Waals surface area contributed by atoms with Gasteiger partial charge in [-0.3, -0.25) is 9.40 Å². The zero-order valence-corrected chi connectivity index (χ0v) is 18.9. The van der Waals surface area contributed by atoms with Gasteiger partial charge in [0.2, 0.25) is 15.2 Å². The van der Waals surface area contributed by atoms with Gasteiger partial charge in [0.15, 0.2) is 0 Å². The number of nitrogens with one attached hydrogen (secondary N) is 1. The third-order valence-corrected chi connectivity index (χ3v) is 7.42. The maximum absolute atomic E-state index is 13.2. The molecule has 0 saturated heterocycles. The zero-order chi connectivity index (χ0) is 21.7. The summed E-state index contributed by atoms with van der Waals surface area (Å²) in [5.74, 6) is 0. The largest absolute Gasteiger partial charge is 0.335 e. The highest BCUT2D eigenvalue weighted by Crippen LogP contribution is 2.36. The molecule has 162 valence electrons. The molecule has 1 aliphatic rings. The van der Waals surface area contributed by atoms with Crippen LogP contribution in [0.25, 0.3) is 16.2 Å². The van der Waals surface area contributed by atoms with E-state index >= 15 is 0 Å². The Morgan fingerprint density at radius 3 is 2.60 bits per heavy atom. The molecule has 0 unspecified atom stereocenters. The van der Waals surface area contributed by atoms with Crippen molar-refractivity contribution in [1.29, 1.82) is 0 Å². The van der Waals surface area contributed by atoms with Crippen molar-refractivity contribution in [3.05, 3.63) is 33.7 Å². The molecule has 2 heterocycles. The molecule has 2 aromatic heterocycles. The summed E-state index contributed by atoms with van der Waals surface area (Å²) in [6.45, 7) is 4.28. The van der Waals surface area contributed by atoms with Gasteiger partial charge in [-0.05, 0) is 44.9 Å². The summed E-state index contributed by atoms with van der Waals surface area (Å²) < 4.78 is 31.4. The lowest BCUT2D eigenvalue weighted by Crippen LogP contribution is -2.34. The first-order chi connectivity index (χ1) is 14.1. The van der Waals surface area contributed by atoms with Crippen molar-refractivity contribution in [2.24, 2.45) is 0 Å². The summed E-state index contributed by atoms with van der Waals surface area (Å²) in [6, 6.07) is 4.69.